The molecule has 2 rings (SSSR count). The summed E-state index contributed by atoms with van der Waals surface area (Å²) in [5, 5.41) is 9.94. The summed E-state index contributed by atoms with van der Waals surface area (Å²) in [6.45, 7) is 0. The van der Waals surface area contributed by atoms with Crippen molar-refractivity contribution in [2.75, 3.05) is 0 Å². The monoisotopic (exact) mass is 280 g/mol. The van der Waals surface area contributed by atoms with E-state index in [-0.39, 0.29) is 31.2 Å². The van der Waals surface area contributed by atoms with Crippen LogP contribution in [0.3, 0.4) is 0 Å². The SMILES string of the molecule is OC(c1ccc(F)c(F)c1F)C1CCC(F)(F)CC1. The lowest BCUT2D eigenvalue weighted by Crippen LogP contribution is -2.28. The van der Waals surface area contributed by atoms with Crippen molar-refractivity contribution in [1.82, 2.24) is 0 Å². The molecule has 1 aromatic rings. The van der Waals surface area contributed by atoms with Crippen molar-refractivity contribution < 1.29 is 27.1 Å². The van der Waals surface area contributed by atoms with Crippen LogP contribution in [0.15, 0.2) is 12.1 Å². The fourth-order valence-electron chi connectivity index (χ4n) is 2.40. The molecular weight excluding hydrogens is 267 g/mol. The van der Waals surface area contributed by atoms with Gasteiger partial charge in [0.2, 0.25) is 5.92 Å². The molecule has 0 aliphatic heterocycles. The lowest BCUT2D eigenvalue weighted by molar-refractivity contribution is -0.0631. The van der Waals surface area contributed by atoms with Crippen molar-refractivity contribution in [2.45, 2.75) is 37.7 Å². The zero-order chi connectivity index (χ0) is 14.2. The van der Waals surface area contributed by atoms with Crippen LogP contribution in [-0.2, 0) is 0 Å². The molecule has 1 atom stereocenters. The minimum Gasteiger partial charge on any atom is -0.388 e. The number of aliphatic hydroxyl groups is 1. The summed E-state index contributed by atoms with van der Waals surface area (Å²) in [4.78, 5) is 0. The molecule has 0 amide bonds. The molecule has 1 unspecified atom stereocenters. The van der Waals surface area contributed by atoms with Crippen molar-refractivity contribution in [3.63, 3.8) is 0 Å². The molecule has 1 fully saturated rings. The minimum atomic E-state index is -2.76. The van der Waals surface area contributed by atoms with Crippen molar-refractivity contribution >= 4 is 0 Å². The third-order valence-corrected chi connectivity index (χ3v) is 3.59. The van der Waals surface area contributed by atoms with Gasteiger partial charge in [0.1, 0.15) is 0 Å². The van der Waals surface area contributed by atoms with Gasteiger partial charge in [-0.1, -0.05) is 6.07 Å². The molecular formula is C13H13F5O. The zero-order valence-electron chi connectivity index (χ0n) is 9.97. The van der Waals surface area contributed by atoms with Crippen molar-refractivity contribution in [3.05, 3.63) is 35.1 Å². The van der Waals surface area contributed by atoms with Crippen LogP contribution in [0.1, 0.15) is 37.4 Å². The Morgan fingerprint density at radius 1 is 1.05 bits per heavy atom. The van der Waals surface area contributed by atoms with E-state index in [0.29, 0.717) is 6.07 Å². The van der Waals surface area contributed by atoms with E-state index >= 15 is 0 Å². The maximum absolute atomic E-state index is 13.5. The molecule has 1 aliphatic rings. The maximum Gasteiger partial charge on any atom is 0.248 e. The van der Waals surface area contributed by atoms with E-state index < -0.39 is 35.4 Å². The first-order valence-corrected chi connectivity index (χ1v) is 6.01. The van der Waals surface area contributed by atoms with Gasteiger partial charge in [-0.25, -0.2) is 22.0 Å². The zero-order valence-corrected chi connectivity index (χ0v) is 9.97. The molecule has 19 heavy (non-hydrogen) atoms. The van der Waals surface area contributed by atoms with E-state index in [9.17, 15) is 27.1 Å². The first kappa shape index (κ1) is 14.2. The number of alkyl halides is 2. The molecule has 1 aliphatic carbocycles. The van der Waals surface area contributed by atoms with E-state index in [1.165, 1.54) is 0 Å². The lowest BCUT2D eigenvalue weighted by atomic mass is 9.81. The van der Waals surface area contributed by atoms with Crippen LogP contribution in [0.25, 0.3) is 0 Å². The van der Waals surface area contributed by atoms with Crippen LogP contribution < -0.4 is 0 Å². The minimum absolute atomic E-state index is 0.0204. The highest BCUT2D eigenvalue weighted by Crippen LogP contribution is 2.41. The summed E-state index contributed by atoms with van der Waals surface area (Å²) < 4.78 is 65.3. The van der Waals surface area contributed by atoms with Gasteiger partial charge < -0.3 is 5.11 Å². The standard InChI is InChI=1S/C13H13F5O/c14-9-2-1-8(10(15)11(9)16)12(19)7-3-5-13(17,18)6-4-7/h1-2,7,12,19H,3-6H2. The normalized spacial score (nSPS) is 21.4. The number of hydrogen-bond acceptors (Lipinski definition) is 1. The predicted octanol–water partition coefficient (Wildman–Crippen LogP) is 3.96. The maximum atomic E-state index is 13.5. The summed E-state index contributed by atoms with van der Waals surface area (Å²) >= 11 is 0. The number of hydrogen-bond donors (Lipinski definition) is 1. The molecule has 1 N–H and O–H groups in total. The first-order chi connectivity index (χ1) is 8.82. The van der Waals surface area contributed by atoms with E-state index in [0.717, 1.165) is 6.07 Å². The number of rotatable bonds is 2. The molecule has 0 radical (unpaired) electrons. The quantitative estimate of drug-likeness (QED) is 0.642. The van der Waals surface area contributed by atoms with Gasteiger partial charge >= 0.3 is 0 Å². The molecule has 106 valence electrons. The fourth-order valence-corrected chi connectivity index (χ4v) is 2.40. The van der Waals surface area contributed by atoms with Crippen LogP contribution in [0.2, 0.25) is 0 Å². The van der Waals surface area contributed by atoms with Crippen molar-refractivity contribution in [3.8, 4) is 0 Å². The Labute approximate surface area is 107 Å². The molecule has 0 spiro atoms. The van der Waals surface area contributed by atoms with E-state index in [1.54, 1.807) is 0 Å². The predicted molar refractivity (Wildman–Crippen MR) is 58.2 cm³/mol. The van der Waals surface area contributed by atoms with E-state index in [1.807, 2.05) is 0 Å². The third-order valence-electron chi connectivity index (χ3n) is 3.59. The topological polar surface area (TPSA) is 20.2 Å². The second-order valence-electron chi connectivity index (χ2n) is 4.90. The highest BCUT2D eigenvalue weighted by molar-refractivity contribution is 5.23. The largest absolute Gasteiger partial charge is 0.388 e. The van der Waals surface area contributed by atoms with Gasteiger partial charge in [-0.15, -0.1) is 0 Å². The van der Waals surface area contributed by atoms with Gasteiger partial charge in [-0.2, -0.15) is 0 Å². The average Bonchev–Trinajstić information content (AvgIpc) is 2.35. The average molecular weight is 280 g/mol. The fraction of sp³-hybridized carbons (Fsp3) is 0.538. The molecule has 1 saturated carbocycles. The molecule has 0 saturated heterocycles. The Hall–Kier alpha value is -1.17. The number of benzene rings is 1. The molecule has 6 heteroatoms. The summed E-state index contributed by atoms with van der Waals surface area (Å²) in [5.41, 5.74) is -0.380. The van der Waals surface area contributed by atoms with Crippen LogP contribution >= 0.6 is 0 Å². The molecule has 0 heterocycles. The van der Waals surface area contributed by atoms with Crippen LogP contribution in [0.5, 0.6) is 0 Å². The molecule has 0 bridgehead atoms. The van der Waals surface area contributed by atoms with Crippen molar-refractivity contribution in [1.29, 1.82) is 0 Å². The Bertz CT molecular complexity index is 464. The second-order valence-corrected chi connectivity index (χ2v) is 4.90. The summed E-state index contributed by atoms with van der Waals surface area (Å²) in [6.07, 6.45) is -2.13. The Kier molecular flexibility index (Phi) is 3.80. The number of aliphatic hydroxyl groups excluding tert-OH is 1. The van der Waals surface area contributed by atoms with Crippen LogP contribution in [0, 0.1) is 23.4 Å². The summed E-state index contributed by atoms with van der Waals surface area (Å²) in [6, 6.07) is 1.67. The number of halogens is 5. The smallest absolute Gasteiger partial charge is 0.248 e. The third kappa shape index (κ3) is 2.88. The van der Waals surface area contributed by atoms with Crippen LogP contribution in [0.4, 0.5) is 22.0 Å². The van der Waals surface area contributed by atoms with Gasteiger partial charge in [0.15, 0.2) is 17.5 Å². The van der Waals surface area contributed by atoms with Crippen LogP contribution in [-0.4, -0.2) is 11.0 Å². The summed E-state index contributed by atoms with van der Waals surface area (Å²) in [5.74, 6) is -7.78. The molecule has 1 nitrogen and oxygen atoms in total. The van der Waals surface area contributed by atoms with E-state index in [2.05, 4.69) is 0 Å². The highest BCUT2D eigenvalue weighted by Gasteiger charge is 2.38. The highest BCUT2D eigenvalue weighted by atomic mass is 19.3. The van der Waals surface area contributed by atoms with Gasteiger partial charge in [0, 0.05) is 18.4 Å². The first-order valence-electron chi connectivity index (χ1n) is 6.01. The van der Waals surface area contributed by atoms with Gasteiger partial charge in [0.25, 0.3) is 0 Å². The van der Waals surface area contributed by atoms with E-state index in [4.69, 9.17) is 0 Å². The Balaban J connectivity index is 2.17. The lowest BCUT2D eigenvalue weighted by Gasteiger charge is -2.31. The van der Waals surface area contributed by atoms with Crippen molar-refractivity contribution in [2.24, 2.45) is 5.92 Å². The molecule has 0 aromatic heterocycles. The Morgan fingerprint density at radius 2 is 1.63 bits per heavy atom. The van der Waals surface area contributed by atoms with Gasteiger partial charge in [0.05, 0.1) is 6.10 Å². The summed E-state index contributed by atoms with van der Waals surface area (Å²) in [7, 11) is 0. The van der Waals surface area contributed by atoms with Gasteiger partial charge in [-0.3, -0.25) is 0 Å². The Morgan fingerprint density at radius 3 is 2.21 bits per heavy atom. The molecule has 1 aromatic carbocycles. The van der Waals surface area contributed by atoms with Gasteiger partial charge in [-0.05, 0) is 24.8 Å². The second kappa shape index (κ2) is 5.07.